The second-order valence-electron chi connectivity index (χ2n) is 5.20. The van der Waals surface area contributed by atoms with E-state index in [4.69, 9.17) is 10.2 Å². The second kappa shape index (κ2) is 5.06. The third kappa shape index (κ3) is 2.44. The average molecular weight is 386 g/mol. The molecule has 14 heteroatoms. The number of halogens is 11. The molecule has 0 aliphatic carbocycles. The minimum absolute atomic E-state index is 0.393. The van der Waals surface area contributed by atoms with Crippen LogP contribution in [0.4, 0.5) is 48.3 Å². The van der Waals surface area contributed by atoms with E-state index in [-0.39, 0.29) is 0 Å². The maximum Gasteiger partial charge on any atom is 0.449 e. The van der Waals surface area contributed by atoms with E-state index in [9.17, 15) is 48.3 Å². The summed E-state index contributed by atoms with van der Waals surface area (Å²) in [6.45, 7) is 0.393. The van der Waals surface area contributed by atoms with Crippen molar-refractivity contribution in [2.75, 3.05) is 0 Å². The van der Waals surface area contributed by atoms with Gasteiger partial charge in [-0.05, 0) is 6.42 Å². The van der Waals surface area contributed by atoms with Gasteiger partial charge in [0.15, 0.2) is 5.60 Å². The molecule has 0 aromatic carbocycles. The fraction of sp³-hybridized carbons (Fsp3) is 1.00. The maximum atomic E-state index is 13.7. The molecular formula is C10H9F11O3. The van der Waals surface area contributed by atoms with Gasteiger partial charge in [-0.2, -0.15) is 48.3 Å². The zero-order valence-electron chi connectivity index (χ0n) is 11.4. The average Bonchev–Trinajstić information content (AvgIpc) is 2.31. The lowest BCUT2D eigenvalue weighted by Crippen LogP contribution is -2.81. The Kier molecular flexibility index (Phi) is 4.46. The Morgan fingerprint density at radius 2 is 1.25 bits per heavy atom. The van der Waals surface area contributed by atoms with Crippen LogP contribution in [0.3, 0.4) is 0 Å². The van der Waals surface area contributed by atoms with E-state index in [2.05, 4.69) is 4.74 Å². The number of hydrogen-bond donors (Lipinski definition) is 2. The fourth-order valence-electron chi connectivity index (χ4n) is 2.26. The third-order valence-corrected chi connectivity index (χ3v) is 3.77. The Morgan fingerprint density at radius 1 is 0.833 bits per heavy atom. The largest absolute Gasteiger partial charge is 0.449 e. The molecule has 1 rings (SSSR count). The normalized spacial score (nSPS) is 38.2. The van der Waals surface area contributed by atoms with Gasteiger partial charge >= 0.3 is 30.2 Å². The number of alkyl halides is 11. The van der Waals surface area contributed by atoms with Crippen LogP contribution in [-0.2, 0) is 4.74 Å². The highest BCUT2D eigenvalue weighted by atomic mass is 19.4. The predicted octanol–water partition coefficient (Wildman–Crippen LogP) is 3.30. The molecule has 0 spiro atoms. The summed E-state index contributed by atoms with van der Waals surface area (Å²) in [5.74, 6) is -12.8. The highest BCUT2D eigenvalue weighted by molar-refractivity contribution is 5.17. The molecule has 1 saturated heterocycles. The van der Waals surface area contributed by atoms with Crippen LogP contribution in [0.1, 0.15) is 19.8 Å². The van der Waals surface area contributed by atoms with Crippen molar-refractivity contribution in [1.82, 2.24) is 0 Å². The Hall–Kier alpha value is -0.890. The summed E-state index contributed by atoms with van der Waals surface area (Å²) >= 11 is 0. The first-order valence-electron chi connectivity index (χ1n) is 5.95. The van der Waals surface area contributed by atoms with Crippen molar-refractivity contribution in [3.63, 3.8) is 0 Å². The Labute approximate surface area is 126 Å². The van der Waals surface area contributed by atoms with Crippen LogP contribution in [0, 0.1) is 0 Å². The highest BCUT2D eigenvalue weighted by Crippen LogP contribution is 2.63. The van der Waals surface area contributed by atoms with Gasteiger partial charge in [0.1, 0.15) is 0 Å². The van der Waals surface area contributed by atoms with Crippen molar-refractivity contribution < 1.29 is 63.2 Å². The SMILES string of the molecule is CCC1(C(F)(F)F)CC(O)(C(F)(F)F)C(F)(F)C(O)(C(F)(F)F)O1. The van der Waals surface area contributed by atoms with E-state index in [0.29, 0.717) is 6.92 Å². The molecule has 144 valence electrons. The second-order valence-corrected chi connectivity index (χ2v) is 5.20. The van der Waals surface area contributed by atoms with Gasteiger partial charge in [-0.15, -0.1) is 0 Å². The maximum absolute atomic E-state index is 13.7. The number of aliphatic hydroxyl groups is 2. The molecule has 1 aliphatic rings. The molecular weight excluding hydrogens is 377 g/mol. The molecule has 1 heterocycles. The zero-order valence-corrected chi connectivity index (χ0v) is 11.4. The summed E-state index contributed by atoms with van der Waals surface area (Å²) in [5, 5.41) is 18.2. The molecule has 3 nitrogen and oxygen atoms in total. The van der Waals surface area contributed by atoms with Crippen LogP contribution in [-0.4, -0.2) is 51.7 Å². The lowest BCUT2D eigenvalue weighted by atomic mass is 9.73. The molecule has 1 aliphatic heterocycles. The molecule has 0 bridgehead atoms. The number of ether oxygens (including phenoxy) is 1. The van der Waals surface area contributed by atoms with Crippen LogP contribution >= 0.6 is 0 Å². The molecule has 0 radical (unpaired) electrons. The highest BCUT2D eigenvalue weighted by Gasteiger charge is 2.90. The molecule has 0 aromatic rings. The lowest BCUT2D eigenvalue weighted by Gasteiger charge is -2.55. The summed E-state index contributed by atoms with van der Waals surface area (Å²) in [4.78, 5) is 0. The first-order valence-corrected chi connectivity index (χ1v) is 5.95. The van der Waals surface area contributed by atoms with Crippen molar-refractivity contribution in [3.05, 3.63) is 0 Å². The van der Waals surface area contributed by atoms with Crippen molar-refractivity contribution >= 4 is 0 Å². The molecule has 1 fully saturated rings. The minimum Gasteiger partial charge on any atom is -0.376 e. The van der Waals surface area contributed by atoms with Crippen molar-refractivity contribution in [1.29, 1.82) is 0 Å². The third-order valence-electron chi connectivity index (χ3n) is 3.77. The van der Waals surface area contributed by atoms with Crippen LogP contribution in [0.15, 0.2) is 0 Å². The Bertz CT molecular complexity index is 462. The van der Waals surface area contributed by atoms with Gasteiger partial charge in [0.25, 0.3) is 0 Å². The van der Waals surface area contributed by atoms with Crippen LogP contribution in [0.25, 0.3) is 0 Å². The molecule has 3 unspecified atom stereocenters. The first-order chi connectivity index (χ1) is 10.2. The van der Waals surface area contributed by atoms with Crippen molar-refractivity contribution in [2.24, 2.45) is 0 Å². The predicted molar refractivity (Wildman–Crippen MR) is 51.7 cm³/mol. The van der Waals surface area contributed by atoms with E-state index in [1.807, 2.05) is 0 Å². The minimum atomic E-state index is -6.79. The molecule has 0 aromatic heterocycles. The summed E-state index contributed by atoms with van der Waals surface area (Å²) in [6.07, 6.45) is -24.2. The topological polar surface area (TPSA) is 49.7 Å². The van der Waals surface area contributed by atoms with Gasteiger partial charge in [-0.3, -0.25) is 0 Å². The summed E-state index contributed by atoms with van der Waals surface area (Å²) in [5.41, 5.74) is -10.4. The first kappa shape index (κ1) is 21.2. The van der Waals surface area contributed by atoms with E-state index < -0.39 is 54.3 Å². The van der Waals surface area contributed by atoms with Gasteiger partial charge in [0.05, 0.1) is 0 Å². The molecule has 0 saturated carbocycles. The van der Waals surface area contributed by atoms with E-state index in [1.54, 1.807) is 0 Å². The Morgan fingerprint density at radius 3 is 1.50 bits per heavy atom. The molecule has 24 heavy (non-hydrogen) atoms. The summed E-state index contributed by atoms with van der Waals surface area (Å²) in [7, 11) is 0. The summed E-state index contributed by atoms with van der Waals surface area (Å²) < 4.78 is 146. The van der Waals surface area contributed by atoms with Crippen LogP contribution in [0.5, 0.6) is 0 Å². The monoisotopic (exact) mass is 386 g/mol. The van der Waals surface area contributed by atoms with Gasteiger partial charge in [-0.25, -0.2) is 0 Å². The standard InChI is InChI=1S/C10H9F11O3/c1-2-4(8(13,14)15)3-5(22,9(16,17)18)6(11,12)7(23,24-4)10(19,20)21/h22-23H,2-3H2,1H3. The zero-order chi connectivity index (χ0) is 19.6. The van der Waals surface area contributed by atoms with E-state index in [1.165, 1.54) is 0 Å². The smallest absolute Gasteiger partial charge is 0.376 e. The Balaban J connectivity index is 3.82. The van der Waals surface area contributed by atoms with Crippen LogP contribution in [0.2, 0.25) is 0 Å². The number of hydrogen-bond acceptors (Lipinski definition) is 3. The van der Waals surface area contributed by atoms with Gasteiger partial charge < -0.3 is 14.9 Å². The van der Waals surface area contributed by atoms with Crippen LogP contribution < -0.4 is 0 Å². The van der Waals surface area contributed by atoms with Gasteiger partial charge in [0, 0.05) is 6.42 Å². The van der Waals surface area contributed by atoms with Gasteiger partial charge in [0.2, 0.25) is 5.60 Å². The van der Waals surface area contributed by atoms with Crippen molar-refractivity contribution in [2.45, 2.75) is 61.2 Å². The number of rotatable bonds is 1. The van der Waals surface area contributed by atoms with Crippen molar-refractivity contribution in [3.8, 4) is 0 Å². The fourth-order valence-corrected chi connectivity index (χ4v) is 2.26. The van der Waals surface area contributed by atoms with Gasteiger partial charge in [-0.1, -0.05) is 6.92 Å². The summed E-state index contributed by atoms with van der Waals surface area (Å²) in [6, 6.07) is 0. The quantitative estimate of drug-likeness (QED) is 0.681. The molecule has 2 N–H and O–H groups in total. The molecule has 3 atom stereocenters. The lowest BCUT2D eigenvalue weighted by molar-refractivity contribution is -0.537. The molecule has 0 amide bonds. The van der Waals surface area contributed by atoms with E-state index >= 15 is 0 Å². The van der Waals surface area contributed by atoms with E-state index in [0.717, 1.165) is 0 Å².